The Balaban J connectivity index is 1.63. The monoisotopic (exact) mass is 381 g/mol. The van der Waals surface area contributed by atoms with Gasteiger partial charge in [0, 0.05) is 12.1 Å². The number of nitrogens with one attached hydrogen (secondary N) is 1. The topological polar surface area (TPSA) is 86.4 Å². The summed E-state index contributed by atoms with van der Waals surface area (Å²) in [5.41, 5.74) is 0.382. The SMILES string of the molecule is O=C(Cn1nc(-c2cccs2)oc1=O)NCc1ccccc1OC(F)F. The molecule has 0 aliphatic carbocycles. The summed E-state index contributed by atoms with van der Waals surface area (Å²) in [5, 5.41) is 8.30. The van der Waals surface area contributed by atoms with Crippen LogP contribution in [0.3, 0.4) is 0 Å². The van der Waals surface area contributed by atoms with E-state index in [0.29, 0.717) is 10.4 Å². The van der Waals surface area contributed by atoms with Crippen LogP contribution in [0.15, 0.2) is 51.0 Å². The van der Waals surface area contributed by atoms with Crippen LogP contribution in [0.2, 0.25) is 0 Å². The minimum absolute atomic E-state index is 0.0265. The fourth-order valence-electron chi connectivity index (χ4n) is 2.15. The lowest BCUT2D eigenvalue weighted by atomic mass is 10.2. The number of halogens is 2. The van der Waals surface area contributed by atoms with Gasteiger partial charge < -0.3 is 14.5 Å². The molecule has 1 amide bonds. The number of benzene rings is 1. The average Bonchev–Trinajstić information content (AvgIpc) is 3.24. The Morgan fingerprint density at radius 2 is 2.12 bits per heavy atom. The second-order valence-electron chi connectivity index (χ2n) is 5.07. The molecule has 3 rings (SSSR count). The van der Waals surface area contributed by atoms with Gasteiger partial charge in [-0.15, -0.1) is 16.4 Å². The fraction of sp³-hybridized carbons (Fsp3) is 0.188. The molecular weight excluding hydrogens is 368 g/mol. The number of amides is 1. The second-order valence-corrected chi connectivity index (χ2v) is 6.02. The van der Waals surface area contributed by atoms with E-state index in [2.05, 4.69) is 15.2 Å². The van der Waals surface area contributed by atoms with Crippen LogP contribution < -0.4 is 15.8 Å². The van der Waals surface area contributed by atoms with Crippen molar-refractivity contribution < 1.29 is 22.7 Å². The maximum absolute atomic E-state index is 12.4. The first-order valence-electron chi connectivity index (χ1n) is 7.44. The van der Waals surface area contributed by atoms with Crippen LogP contribution in [0, 0.1) is 0 Å². The number of carbonyl (C=O) groups excluding carboxylic acids is 1. The van der Waals surface area contributed by atoms with Gasteiger partial charge in [-0.2, -0.15) is 13.5 Å². The van der Waals surface area contributed by atoms with E-state index in [9.17, 15) is 18.4 Å². The number of para-hydroxylation sites is 1. The van der Waals surface area contributed by atoms with Crippen molar-refractivity contribution in [2.45, 2.75) is 19.7 Å². The molecule has 0 aliphatic heterocycles. The van der Waals surface area contributed by atoms with Gasteiger partial charge in [-0.05, 0) is 17.5 Å². The van der Waals surface area contributed by atoms with Crippen LogP contribution in [0.25, 0.3) is 10.8 Å². The van der Waals surface area contributed by atoms with Gasteiger partial charge in [-0.25, -0.2) is 4.79 Å². The average molecular weight is 381 g/mol. The van der Waals surface area contributed by atoms with Crippen molar-refractivity contribution in [2.24, 2.45) is 0 Å². The van der Waals surface area contributed by atoms with Crippen LogP contribution in [0.5, 0.6) is 5.75 Å². The highest BCUT2D eigenvalue weighted by molar-refractivity contribution is 7.13. The molecule has 0 bridgehead atoms. The summed E-state index contributed by atoms with van der Waals surface area (Å²) in [6, 6.07) is 9.63. The predicted octanol–water partition coefficient (Wildman–Crippen LogP) is 2.48. The first-order valence-corrected chi connectivity index (χ1v) is 8.32. The zero-order chi connectivity index (χ0) is 18.5. The number of aromatic nitrogens is 2. The molecule has 26 heavy (non-hydrogen) atoms. The van der Waals surface area contributed by atoms with Crippen molar-refractivity contribution in [1.29, 1.82) is 0 Å². The molecule has 10 heteroatoms. The second kappa shape index (κ2) is 7.91. The summed E-state index contributed by atoms with van der Waals surface area (Å²) in [4.78, 5) is 24.5. The summed E-state index contributed by atoms with van der Waals surface area (Å²) >= 11 is 1.35. The molecule has 0 unspecified atom stereocenters. The van der Waals surface area contributed by atoms with Crippen molar-refractivity contribution in [1.82, 2.24) is 15.1 Å². The van der Waals surface area contributed by atoms with E-state index >= 15 is 0 Å². The van der Waals surface area contributed by atoms with E-state index in [0.717, 1.165) is 4.68 Å². The highest BCUT2D eigenvalue weighted by Crippen LogP contribution is 2.21. The Morgan fingerprint density at radius 3 is 2.85 bits per heavy atom. The van der Waals surface area contributed by atoms with Gasteiger partial charge in [0.15, 0.2) is 0 Å². The number of rotatable bonds is 7. The number of thiophene rings is 1. The lowest BCUT2D eigenvalue weighted by Gasteiger charge is -2.11. The van der Waals surface area contributed by atoms with E-state index in [1.54, 1.807) is 35.7 Å². The molecule has 0 saturated heterocycles. The number of hydrogen-bond acceptors (Lipinski definition) is 6. The molecule has 7 nitrogen and oxygen atoms in total. The van der Waals surface area contributed by atoms with E-state index in [1.807, 2.05) is 0 Å². The Bertz CT molecular complexity index is 937. The van der Waals surface area contributed by atoms with Gasteiger partial charge in [0.05, 0.1) is 4.88 Å². The van der Waals surface area contributed by atoms with E-state index < -0.39 is 18.3 Å². The Morgan fingerprint density at radius 1 is 1.31 bits per heavy atom. The highest BCUT2D eigenvalue weighted by Gasteiger charge is 2.15. The number of nitrogens with zero attached hydrogens (tertiary/aromatic N) is 2. The Labute approximate surface area is 149 Å². The van der Waals surface area contributed by atoms with Crippen molar-refractivity contribution in [3.8, 4) is 16.5 Å². The quantitative estimate of drug-likeness (QED) is 0.680. The molecule has 1 aromatic carbocycles. The third-order valence-electron chi connectivity index (χ3n) is 3.30. The van der Waals surface area contributed by atoms with Crippen LogP contribution >= 0.6 is 11.3 Å². The lowest BCUT2D eigenvalue weighted by molar-refractivity contribution is -0.122. The molecular formula is C16H13F2N3O4S. The fourth-order valence-corrected chi connectivity index (χ4v) is 2.80. The van der Waals surface area contributed by atoms with Gasteiger partial charge in [-0.1, -0.05) is 24.3 Å². The Hall–Kier alpha value is -3.01. The largest absolute Gasteiger partial charge is 0.437 e. The summed E-state index contributed by atoms with van der Waals surface area (Å²) in [7, 11) is 0. The lowest BCUT2D eigenvalue weighted by Crippen LogP contribution is -2.31. The van der Waals surface area contributed by atoms with Gasteiger partial charge in [0.2, 0.25) is 5.91 Å². The molecule has 0 spiro atoms. The highest BCUT2D eigenvalue weighted by atomic mass is 32.1. The normalized spacial score (nSPS) is 10.9. The smallest absolute Gasteiger partial charge is 0.434 e. The molecule has 2 heterocycles. The molecule has 0 saturated carbocycles. The number of alkyl halides is 2. The van der Waals surface area contributed by atoms with Crippen LogP contribution in [-0.2, 0) is 17.9 Å². The zero-order valence-corrected chi connectivity index (χ0v) is 14.0. The summed E-state index contributed by atoms with van der Waals surface area (Å²) in [5.74, 6) is -1.18. The van der Waals surface area contributed by atoms with E-state index in [-0.39, 0.29) is 24.7 Å². The number of hydrogen-bond donors (Lipinski definition) is 1. The van der Waals surface area contributed by atoms with Crippen LogP contribution in [0.1, 0.15) is 5.56 Å². The van der Waals surface area contributed by atoms with Gasteiger partial charge in [0.25, 0.3) is 5.89 Å². The minimum atomic E-state index is -2.96. The minimum Gasteiger partial charge on any atom is -0.434 e. The maximum Gasteiger partial charge on any atom is 0.437 e. The maximum atomic E-state index is 12.4. The van der Waals surface area contributed by atoms with E-state index in [4.69, 9.17) is 4.42 Å². The van der Waals surface area contributed by atoms with Crippen LogP contribution in [-0.4, -0.2) is 22.3 Å². The molecule has 136 valence electrons. The first-order chi connectivity index (χ1) is 12.5. The van der Waals surface area contributed by atoms with Crippen molar-refractivity contribution in [3.05, 3.63) is 57.9 Å². The Kier molecular flexibility index (Phi) is 5.42. The third-order valence-corrected chi connectivity index (χ3v) is 4.15. The molecule has 0 radical (unpaired) electrons. The molecule has 3 aromatic rings. The standard InChI is InChI=1S/C16H13F2N3O4S/c17-15(18)24-11-5-2-1-4-10(11)8-19-13(22)9-21-16(23)25-14(20-21)12-6-3-7-26-12/h1-7,15H,8-9H2,(H,19,22). The summed E-state index contributed by atoms with van der Waals surface area (Å²) in [6.45, 7) is -3.35. The molecule has 0 fully saturated rings. The first kappa shape index (κ1) is 17.8. The molecule has 0 aliphatic rings. The van der Waals surface area contributed by atoms with Crippen molar-refractivity contribution >= 4 is 17.2 Å². The number of carbonyl (C=O) groups is 1. The molecule has 2 aromatic heterocycles. The summed E-state index contributed by atoms with van der Waals surface area (Å²) < 4.78 is 35.1. The van der Waals surface area contributed by atoms with Crippen molar-refractivity contribution in [3.63, 3.8) is 0 Å². The predicted molar refractivity (Wildman–Crippen MR) is 89.0 cm³/mol. The van der Waals surface area contributed by atoms with Crippen LogP contribution in [0.4, 0.5) is 8.78 Å². The van der Waals surface area contributed by atoms with Crippen molar-refractivity contribution in [2.75, 3.05) is 0 Å². The third kappa shape index (κ3) is 4.33. The zero-order valence-electron chi connectivity index (χ0n) is 13.2. The molecule has 1 N–H and O–H groups in total. The van der Waals surface area contributed by atoms with E-state index in [1.165, 1.54) is 17.4 Å². The molecule has 0 atom stereocenters. The number of ether oxygens (including phenoxy) is 1. The summed E-state index contributed by atoms with van der Waals surface area (Å²) in [6.07, 6.45) is 0. The van der Waals surface area contributed by atoms with Gasteiger partial charge >= 0.3 is 12.4 Å². The van der Waals surface area contributed by atoms with Gasteiger partial charge in [-0.3, -0.25) is 4.79 Å². The van der Waals surface area contributed by atoms with Gasteiger partial charge in [0.1, 0.15) is 12.3 Å².